The highest BCUT2D eigenvalue weighted by Crippen LogP contribution is 2.64. The molecule has 10 atom stereocenters. The van der Waals surface area contributed by atoms with Gasteiger partial charge in [0.15, 0.2) is 11.4 Å². The molecular formula is C45H57NO13. The fourth-order valence-electron chi connectivity index (χ4n) is 10.0. The quantitative estimate of drug-likeness (QED) is 0.172. The van der Waals surface area contributed by atoms with E-state index in [9.17, 15) is 24.3 Å². The molecule has 0 aromatic heterocycles. The molecule has 6 rings (SSSR count). The van der Waals surface area contributed by atoms with E-state index in [2.05, 4.69) is 5.32 Å². The largest absolute Gasteiger partial charge is 0.458 e. The summed E-state index contributed by atoms with van der Waals surface area (Å²) in [7, 11) is 2.85. The number of methoxy groups -OCH3 is 2. The van der Waals surface area contributed by atoms with E-state index in [1.807, 2.05) is 0 Å². The number of amides is 1. The Bertz CT molecular complexity index is 1980. The SMILES string of the molecule is COC1C[C@H]2OC[C@@]2(OC(C)=O)[C@H]2[C@H](OC(=O)c3ccccc3)[C@]3(O)C[C@H](OC(=O)C[C@@H](NC(=O)OC(C)(C)C)c4ccccc4)C(C)=C([C@@H](OC)C(=O)[C@]12C)C3(C)C. The summed E-state index contributed by atoms with van der Waals surface area (Å²) in [6.45, 7) is 13.1. The maximum atomic E-state index is 15.5. The zero-order valence-electron chi connectivity index (χ0n) is 35.5. The van der Waals surface area contributed by atoms with E-state index in [1.165, 1.54) is 21.1 Å². The van der Waals surface area contributed by atoms with Crippen LogP contribution in [-0.4, -0.2) is 103 Å². The maximum absolute atomic E-state index is 15.5. The molecule has 2 aromatic carbocycles. The summed E-state index contributed by atoms with van der Waals surface area (Å²) < 4.78 is 42.7. The number of hydrogen-bond acceptors (Lipinski definition) is 13. The Morgan fingerprint density at radius 1 is 0.949 bits per heavy atom. The molecule has 14 heteroatoms. The Morgan fingerprint density at radius 3 is 2.12 bits per heavy atom. The topological polar surface area (TPSA) is 182 Å². The lowest BCUT2D eigenvalue weighted by molar-refractivity contribution is -0.347. The molecule has 1 amide bonds. The van der Waals surface area contributed by atoms with Crippen LogP contribution >= 0.6 is 0 Å². The Balaban J connectivity index is 1.50. The van der Waals surface area contributed by atoms with Crippen molar-refractivity contribution >= 4 is 29.8 Å². The summed E-state index contributed by atoms with van der Waals surface area (Å²) in [5, 5.41) is 16.5. The first-order valence-electron chi connectivity index (χ1n) is 20.0. The van der Waals surface area contributed by atoms with E-state index in [1.54, 1.807) is 109 Å². The molecule has 3 fully saturated rings. The molecule has 2 bridgehead atoms. The third-order valence-electron chi connectivity index (χ3n) is 12.9. The lowest BCUT2D eigenvalue weighted by Crippen LogP contribution is -2.82. The molecule has 1 aliphatic heterocycles. The summed E-state index contributed by atoms with van der Waals surface area (Å²) >= 11 is 0. The predicted octanol–water partition coefficient (Wildman–Crippen LogP) is 5.60. The van der Waals surface area contributed by atoms with Crippen LogP contribution in [0.25, 0.3) is 0 Å². The lowest BCUT2D eigenvalue weighted by Gasteiger charge is -2.67. The highest BCUT2D eigenvalue weighted by Gasteiger charge is 2.78. The molecule has 1 unspecified atom stereocenters. The van der Waals surface area contributed by atoms with Gasteiger partial charge in [-0.15, -0.1) is 0 Å². The van der Waals surface area contributed by atoms with Gasteiger partial charge in [0.1, 0.15) is 35.6 Å². The van der Waals surface area contributed by atoms with Crippen LogP contribution in [0.15, 0.2) is 71.8 Å². The van der Waals surface area contributed by atoms with Gasteiger partial charge in [0.2, 0.25) is 0 Å². The molecular weight excluding hydrogens is 762 g/mol. The van der Waals surface area contributed by atoms with Gasteiger partial charge in [-0.3, -0.25) is 14.4 Å². The van der Waals surface area contributed by atoms with Gasteiger partial charge in [0, 0.05) is 39.4 Å². The number of nitrogens with one attached hydrogen (secondary N) is 1. The van der Waals surface area contributed by atoms with E-state index in [0.29, 0.717) is 16.7 Å². The molecule has 320 valence electrons. The highest BCUT2D eigenvalue weighted by atomic mass is 16.6. The van der Waals surface area contributed by atoms with Gasteiger partial charge < -0.3 is 43.6 Å². The molecule has 1 heterocycles. The van der Waals surface area contributed by atoms with Crippen LogP contribution in [0.1, 0.15) is 96.6 Å². The van der Waals surface area contributed by atoms with Crippen LogP contribution in [0.3, 0.4) is 0 Å². The van der Waals surface area contributed by atoms with Gasteiger partial charge in [-0.05, 0) is 63.5 Å². The fourth-order valence-corrected chi connectivity index (χ4v) is 10.0. The van der Waals surface area contributed by atoms with Crippen LogP contribution in [0, 0.1) is 16.7 Å². The highest BCUT2D eigenvalue weighted by molar-refractivity contribution is 5.94. The van der Waals surface area contributed by atoms with Gasteiger partial charge in [-0.25, -0.2) is 9.59 Å². The van der Waals surface area contributed by atoms with Crippen molar-refractivity contribution in [3.63, 3.8) is 0 Å². The van der Waals surface area contributed by atoms with Crippen molar-refractivity contribution < 1.29 is 62.2 Å². The number of benzene rings is 2. The number of carbonyl (C=O) groups excluding carboxylic acids is 5. The zero-order chi connectivity index (χ0) is 43.3. The minimum absolute atomic E-state index is 0.151. The number of fused-ring (bicyclic) bond motifs is 5. The Hall–Kier alpha value is -4.63. The second-order valence-electron chi connectivity index (χ2n) is 17.9. The minimum Gasteiger partial charge on any atom is -0.458 e. The molecule has 2 N–H and O–H groups in total. The van der Waals surface area contributed by atoms with Crippen LogP contribution in [-0.2, 0) is 47.5 Å². The van der Waals surface area contributed by atoms with E-state index >= 15 is 4.79 Å². The predicted molar refractivity (Wildman–Crippen MR) is 212 cm³/mol. The summed E-state index contributed by atoms with van der Waals surface area (Å²) in [4.78, 5) is 70.0. The summed E-state index contributed by atoms with van der Waals surface area (Å²) in [5.74, 6) is -3.91. The molecule has 3 aliphatic carbocycles. The lowest BCUT2D eigenvalue weighted by atomic mass is 9.44. The normalized spacial score (nSPS) is 32.8. The average molecular weight is 820 g/mol. The maximum Gasteiger partial charge on any atom is 0.408 e. The number of carbonyl (C=O) groups is 5. The summed E-state index contributed by atoms with van der Waals surface area (Å²) in [5.41, 5.74) is -5.89. The van der Waals surface area contributed by atoms with E-state index in [-0.39, 0.29) is 31.4 Å². The molecule has 14 nitrogen and oxygen atoms in total. The third-order valence-corrected chi connectivity index (χ3v) is 12.9. The smallest absolute Gasteiger partial charge is 0.408 e. The minimum atomic E-state index is -2.13. The second-order valence-corrected chi connectivity index (χ2v) is 17.9. The van der Waals surface area contributed by atoms with Crippen molar-refractivity contribution in [1.29, 1.82) is 0 Å². The third kappa shape index (κ3) is 7.69. The Morgan fingerprint density at radius 2 is 1.58 bits per heavy atom. The number of alkyl carbamates (subject to hydrolysis) is 1. The van der Waals surface area contributed by atoms with E-state index < -0.39 is 99.9 Å². The van der Waals surface area contributed by atoms with Gasteiger partial charge in [-0.2, -0.15) is 0 Å². The number of hydrogen-bond donors (Lipinski definition) is 2. The number of Topliss-reactive ketones (excluding diaryl/α,β-unsaturated/α-hetero) is 1. The van der Waals surface area contributed by atoms with Crippen molar-refractivity contribution in [1.82, 2.24) is 5.32 Å². The number of ether oxygens (including phenoxy) is 7. The van der Waals surface area contributed by atoms with Crippen molar-refractivity contribution in [3.05, 3.63) is 82.9 Å². The number of rotatable bonds is 10. The van der Waals surface area contributed by atoms with E-state index in [4.69, 9.17) is 33.2 Å². The molecule has 2 aromatic rings. The van der Waals surface area contributed by atoms with Crippen molar-refractivity contribution in [2.24, 2.45) is 16.7 Å². The van der Waals surface area contributed by atoms with Crippen molar-refractivity contribution in [3.8, 4) is 0 Å². The van der Waals surface area contributed by atoms with Crippen LogP contribution in [0.2, 0.25) is 0 Å². The molecule has 0 radical (unpaired) electrons. The number of ketones is 1. The number of esters is 3. The molecule has 2 saturated carbocycles. The molecule has 59 heavy (non-hydrogen) atoms. The zero-order valence-corrected chi connectivity index (χ0v) is 35.5. The first kappa shape index (κ1) is 43.9. The monoisotopic (exact) mass is 819 g/mol. The molecule has 1 saturated heterocycles. The Labute approximate surface area is 345 Å². The first-order chi connectivity index (χ1) is 27.6. The average Bonchev–Trinajstić information content (AvgIpc) is 3.16. The van der Waals surface area contributed by atoms with Crippen LogP contribution in [0.5, 0.6) is 0 Å². The molecule has 4 aliphatic rings. The van der Waals surface area contributed by atoms with Gasteiger partial charge in [0.25, 0.3) is 0 Å². The van der Waals surface area contributed by atoms with Gasteiger partial charge in [-0.1, -0.05) is 62.4 Å². The first-order valence-corrected chi connectivity index (χ1v) is 20.0. The van der Waals surface area contributed by atoms with Crippen LogP contribution in [0.4, 0.5) is 4.79 Å². The second kappa shape index (κ2) is 16.1. The number of aliphatic hydroxyl groups is 1. The van der Waals surface area contributed by atoms with Crippen molar-refractivity contribution in [2.45, 2.75) is 128 Å². The van der Waals surface area contributed by atoms with Gasteiger partial charge in [0.05, 0.1) is 42.1 Å². The van der Waals surface area contributed by atoms with Crippen LogP contribution < -0.4 is 5.32 Å². The Kier molecular flexibility index (Phi) is 12.0. The van der Waals surface area contributed by atoms with Gasteiger partial charge >= 0.3 is 24.0 Å². The van der Waals surface area contributed by atoms with E-state index in [0.717, 1.165) is 0 Å². The fraction of sp³-hybridized carbons (Fsp3) is 0.578. The summed E-state index contributed by atoms with van der Waals surface area (Å²) in [6.07, 6.45) is -6.94. The standard InChI is InChI=1S/C45H57NO13/c1-25-30(56-33(48)21-29(27-17-13-11-14-18-27)46-40(51)59-41(3,4)5)23-45(52)38(57-39(50)28-19-15-12-16-20-28)36-43(8,37(49)35(54-10)34(25)42(45,6)7)31(53-9)22-32-44(36,24-55-32)58-26(2)47/h11-20,29-32,35-36,38,52H,21-24H2,1-10H3,(H,46,51)/t29-,30+,31?,32-,35-,36+,38+,43-,44+,45-/m1/s1. The van der Waals surface area contributed by atoms with Crippen molar-refractivity contribution in [2.75, 3.05) is 20.8 Å². The summed E-state index contributed by atoms with van der Waals surface area (Å²) in [6, 6.07) is 16.2. The molecule has 0 spiro atoms.